The van der Waals surface area contributed by atoms with E-state index in [0.29, 0.717) is 29.5 Å². The molecular weight excluding hydrogens is 286 g/mol. The van der Waals surface area contributed by atoms with E-state index in [4.69, 9.17) is 4.74 Å². The zero-order valence-electron chi connectivity index (χ0n) is 12.0. The molecule has 0 saturated heterocycles. The number of anilines is 1. The van der Waals surface area contributed by atoms with Crippen LogP contribution in [0.15, 0.2) is 47.4 Å². The van der Waals surface area contributed by atoms with Gasteiger partial charge >= 0.3 is 0 Å². The maximum absolute atomic E-state index is 12.8. The molecular formula is C16H17NO3S. The summed E-state index contributed by atoms with van der Waals surface area (Å²) >= 11 is 0. The van der Waals surface area contributed by atoms with Crippen LogP contribution in [0.2, 0.25) is 0 Å². The molecule has 5 heteroatoms. The summed E-state index contributed by atoms with van der Waals surface area (Å²) in [6.45, 7) is 4.56. The quantitative estimate of drug-likeness (QED) is 0.857. The molecule has 1 aliphatic rings. The number of ether oxygens (including phenoxy) is 1. The highest BCUT2D eigenvalue weighted by Crippen LogP contribution is 2.35. The number of rotatable bonds is 2. The average molecular weight is 303 g/mol. The predicted molar refractivity (Wildman–Crippen MR) is 82.4 cm³/mol. The maximum Gasteiger partial charge on any atom is 0.264 e. The minimum Gasteiger partial charge on any atom is -0.489 e. The molecule has 0 radical (unpaired) electrons. The van der Waals surface area contributed by atoms with Crippen molar-refractivity contribution in [2.75, 3.05) is 17.5 Å². The molecule has 0 saturated carbocycles. The number of aryl methyl sites for hydroxylation is 2. The molecule has 4 nitrogen and oxygen atoms in total. The second-order valence-electron chi connectivity index (χ2n) is 5.21. The minimum absolute atomic E-state index is 0.308. The van der Waals surface area contributed by atoms with Crippen LogP contribution in [-0.2, 0) is 10.0 Å². The van der Waals surface area contributed by atoms with Crippen LogP contribution in [0, 0.1) is 13.8 Å². The summed E-state index contributed by atoms with van der Waals surface area (Å²) in [5.74, 6) is 0.613. The monoisotopic (exact) mass is 303 g/mol. The molecule has 0 bridgehead atoms. The highest BCUT2D eigenvalue weighted by atomic mass is 32.2. The van der Waals surface area contributed by atoms with E-state index < -0.39 is 10.0 Å². The Morgan fingerprint density at radius 3 is 2.38 bits per heavy atom. The van der Waals surface area contributed by atoms with Crippen LogP contribution in [0.3, 0.4) is 0 Å². The van der Waals surface area contributed by atoms with Crippen molar-refractivity contribution in [2.24, 2.45) is 0 Å². The van der Waals surface area contributed by atoms with Gasteiger partial charge < -0.3 is 4.74 Å². The smallest absolute Gasteiger partial charge is 0.264 e. The molecule has 110 valence electrons. The molecule has 2 aromatic carbocycles. The van der Waals surface area contributed by atoms with Gasteiger partial charge in [0.1, 0.15) is 12.4 Å². The van der Waals surface area contributed by atoms with E-state index in [0.717, 1.165) is 11.1 Å². The maximum atomic E-state index is 12.8. The minimum atomic E-state index is -3.56. The van der Waals surface area contributed by atoms with E-state index in [1.807, 2.05) is 44.2 Å². The van der Waals surface area contributed by atoms with Crippen molar-refractivity contribution in [1.82, 2.24) is 0 Å². The van der Waals surface area contributed by atoms with Crippen molar-refractivity contribution in [3.05, 3.63) is 53.6 Å². The second-order valence-corrected chi connectivity index (χ2v) is 7.07. The fourth-order valence-electron chi connectivity index (χ4n) is 2.39. The lowest BCUT2D eigenvalue weighted by atomic mass is 10.2. The molecule has 21 heavy (non-hydrogen) atoms. The Morgan fingerprint density at radius 1 is 1.00 bits per heavy atom. The van der Waals surface area contributed by atoms with Gasteiger partial charge in [0.05, 0.1) is 17.1 Å². The Balaban J connectivity index is 2.09. The summed E-state index contributed by atoms with van der Waals surface area (Å²) in [5.41, 5.74) is 2.65. The van der Waals surface area contributed by atoms with Gasteiger partial charge in [-0.05, 0) is 43.7 Å². The highest BCUT2D eigenvalue weighted by molar-refractivity contribution is 7.92. The Kier molecular flexibility index (Phi) is 3.37. The Morgan fingerprint density at radius 2 is 1.67 bits per heavy atom. The third kappa shape index (κ3) is 2.49. The predicted octanol–water partition coefficient (Wildman–Crippen LogP) is 2.89. The van der Waals surface area contributed by atoms with Gasteiger partial charge in [-0.2, -0.15) is 0 Å². The summed E-state index contributed by atoms with van der Waals surface area (Å²) in [7, 11) is -3.56. The van der Waals surface area contributed by atoms with Gasteiger partial charge in [0.15, 0.2) is 0 Å². The molecule has 2 aromatic rings. The summed E-state index contributed by atoms with van der Waals surface area (Å²) < 4.78 is 32.7. The zero-order valence-corrected chi connectivity index (χ0v) is 12.9. The standard InChI is InChI=1S/C16H17NO3S/c1-12-3-6-14(7-4-12)21(18,19)17-9-10-20-16-8-5-13(2)11-15(16)17/h3-8,11H,9-10H2,1-2H3. The summed E-state index contributed by atoms with van der Waals surface area (Å²) in [4.78, 5) is 0.308. The first-order valence-corrected chi connectivity index (χ1v) is 8.25. The first-order valence-electron chi connectivity index (χ1n) is 6.81. The van der Waals surface area contributed by atoms with Gasteiger partial charge in [-0.25, -0.2) is 8.42 Å². The van der Waals surface area contributed by atoms with E-state index in [1.54, 1.807) is 12.1 Å². The van der Waals surface area contributed by atoms with Gasteiger partial charge in [0.2, 0.25) is 0 Å². The van der Waals surface area contributed by atoms with E-state index in [2.05, 4.69) is 0 Å². The Bertz CT molecular complexity index is 767. The molecule has 0 fully saturated rings. The summed E-state index contributed by atoms with van der Waals surface area (Å²) in [6, 6.07) is 12.5. The van der Waals surface area contributed by atoms with Gasteiger partial charge in [0, 0.05) is 0 Å². The Labute approximate surface area is 125 Å². The number of hydrogen-bond donors (Lipinski definition) is 0. The van der Waals surface area contributed by atoms with Crippen molar-refractivity contribution in [1.29, 1.82) is 0 Å². The van der Waals surface area contributed by atoms with Gasteiger partial charge in [-0.1, -0.05) is 23.8 Å². The summed E-state index contributed by atoms with van der Waals surface area (Å²) in [6.07, 6.45) is 0. The largest absolute Gasteiger partial charge is 0.489 e. The summed E-state index contributed by atoms with van der Waals surface area (Å²) in [5, 5.41) is 0. The molecule has 0 amide bonds. The lowest BCUT2D eigenvalue weighted by Crippen LogP contribution is -2.37. The number of hydrogen-bond acceptors (Lipinski definition) is 3. The van der Waals surface area contributed by atoms with Gasteiger partial charge in [0.25, 0.3) is 10.0 Å². The van der Waals surface area contributed by atoms with E-state index in [1.165, 1.54) is 4.31 Å². The fourth-order valence-corrected chi connectivity index (χ4v) is 3.84. The molecule has 1 aliphatic heterocycles. The number of fused-ring (bicyclic) bond motifs is 1. The normalized spacial score (nSPS) is 14.5. The first kappa shape index (κ1) is 13.9. The van der Waals surface area contributed by atoms with Crippen molar-refractivity contribution < 1.29 is 13.2 Å². The van der Waals surface area contributed by atoms with Crippen molar-refractivity contribution in [3.8, 4) is 5.75 Å². The van der Waals surface area contributed by atoms with Crippen LogP contribution in [0.5, 0.6) is 5.75 Å². The lowest BCUT2D eigenvalue weighted by molar-refractivity contribution is 0.315. The van der Waals surface area contributed by atoms with Crippen molar-refractivity contribution in [3.63, 3.8) is 0 Å². The molecule has 3 rings (SSSR count). The molecule has 1 heterocycles. The van der Waals surface area contributed by atoms with E-state index in [-0.39, 0.29) is 0 Å². The van der Waals surface area contributed by atoms with Crippen molar-refractivity contribution in [2.45, 2.75) is 18.7 Å². The van der Waals surface area contributed by atoms with Crippen LogP contribution in [0.4, 0.5) is 5.69 Å². The number of nitrogens with zero attached hydrogens (tertiary/aromatic N) is 1. The topological polar surface area (TPSA) is 46.6 Å². The second kappa shape index (κ2) is 5.07. The first-order chi connectivity index (χ1) is 9.98. The molecule has 0 atom stereocenters. The molecule has 0 unspecified atom stereocenters. The molecule has 0 aliphatic carbocycles. The average Bonchev–Trinajstić information content (AvgIpc) is 2.47. The van der Waals surface area contributed by atoms with Crippen LogP contribution in [0.25, 0.3) is 0 Å². The fraction of sp³-hybridized carbons (Fsp3) is 0.250. The Hall–Kier alpha value is -2.01. The molecule has 0 spiro atoms. The zero-order chi connectivity index (χ0) is 15.0. The van der Waals surface area contributed by atoms with Crippen LogP contribution in [0.1, 0.15) is 11.1 Å². The third-order valence-electron chi connectivity index (χ3n) is 3.54. The van der Waals surface area contributed by atoms with Crippen molar-refractivity contribution >= 4 is 15.7 Å². The van der Waals surface area contributed by atoms with Gasteiger partial charge in [-0.15, -0.1) is 0 Å². The highest BCUT2D eigenvalue weighted by Gasteiger charge is 2.29. The van der Waals surface area contributed by atoms with Gasteiger partial charge in [-0.3, -0.25) is 4.31 Å². The van der Waals surface area contributed by atoms with Crippen LogP contribution in [-0.4, -0.2) is 21.6 Å². The SMILES string of the molecule is Cc1ccc(S(=O)(=O)N2CCOc3ccc(C)cc32)cc1. The lowest BCUT2D eigenvalue weighted by Gasteiger charge is -2.30. The molecule has 0 aromatic heterocycles. The van der Waals surface area contributed by atoms with Crippen LogP contribution >= 0.6 is 0 Å². The third-order valence-corrected chi connectivity index (χ3v) is 5.37. The number of benzene rings is 2. The van der Waals surface area contributed by atoms with E-state index in [9.17, 15) is 8.42 Å². The van der Waals surface area contributed by atoms with E-state index >= 15 is 0 Å². The number of sulfonamides is 1. The molecule has 0 N–H and O–H groups in total. The van der Waals surface area contributed by atoms with Crippen LogP contribution < -0.4 is 9.04 Å².